The number of nitrogens with zero attached hydrogens (tertiary/aromatic N) is 2. The number of hydrogen-bond acceptors (Lipinski definition) is 5. The van der Waals surface area contributed by atoms with Gasteiger partial charge in [-0.2, -0.15) is 4.31 Å². The largest absolute Gasteiger partial charge is 0.454 e. The Hall–Kier alpha value is -2.00. The fourth-order valence-corrected chi connectivity index (χ4v) is 6.07. The summed E-state index contributed by atoms with van der Waals surface area (Å²) in [5, 5.41) is 0.434. The van der Waals surface area contributed by atoms with E-state index in [1.165, 1.54) is 16.4 Å². The molecule has 0 spiro atoms. The van der Waals surface area contributed by atoms with Crippen LogP contribution in [-0.4, -0.2) is 50.5 Å². The Balaban J connectivity index is 1.37. The molecule has 7 nitrogen and oxygen atoms in total. The van der Waals surface area contributed by atoms with E-state index in [2.05, 4.69) is 0 Å². The van der Waals surface area contributed by atoms with E-state index in [1.54, 1.807) is 18.0 Å². The number of ether oxygens (including phenoxy) is 2. The number of hydrogen-bond donors (Lipinski definition) is 0. The van der Waals surface area contributed by atoms with Crippen molar-refractivity contribution in [3.63, 3.8) is 0 Å². The fraction of sp³-hybridized carbons (Fsp3) is 0.381. The van der Waals surface area contributed by atoms with E-state index in [0.29, 0.717) is 35.9 Å². The molecular weight excluding hydrogens is 463 g/mol. The van der Waals surface area contributed by atoms with Crippen LogP contribution >= 0.6 is 23.2 Å². The van der Waals surface area contributed by atoms with Crippen LogP contribution in [0.4, 0.5) is 0 Å². The molecule has 0 atom stereocenters. The fourth-order valence-electron chi connectivity index (χ4n) is 3.86. The highest BCUT2D eigenvalue weighted by molar-refractivity contribution is 7.89. The van der Waals surface area contributed by atoms with Crippen LogP contribution in [-0.2, 0) is 21.4 Å². The predicted molar refractivity (Wildman–Crippen MR) is 117 cm³/mol. The lowest BCUT2D eigenvalue weighted by molar-refractivity contribution is -0.135. The molecular formula is C21H22Cl2N2O5S. The molecule has 166 valence electrons. The number of rotatable bonds is 5. The summed E-state index contributed by atoms with van der Waals surface area (Å²) < 4.78 is 38.0. The van der Waals surface area contributed by atoms with E-state index in [4.69, 9.17) is 32.7 Å². The number of amides is 1. The van der Waals surface area contributed by atoms with Crippen molar-refractivity contribution in [3.05, 3.63) is 52.0 Å². The van der Waals surface area contributed by atoms with Crippen molar-refractivity contribution in [1.82, 2.24) is 9.21 Å². The molecule has 0 aliphatic carbocycles. The van der Waals surface area contributed by atoms with Crippen molar-refractivity contribution in [1.29, 1.82) is 0 Å². The highest BCUT2D eigenvalue weighted by Gasteiger charge is 2.34. The summed E-state index contributed by atoms with van der Waals surface area (Å²) in [6.45, 7) is 1.14. The Morgan fingerprint density at radius 3 is 2.55 bits per heavy atom. The monoisotopic (exact) mass is 484 g/mol. The Morgan fingerprint density at radius 2 is 1.81 bits per heavy atom. The van der Waals surface area contributed by atoms with Crippen LogP contribution in [0.15, 0.2) is 41.3 Å². The maximum atomic E-state index is 13.0. The molecule has 2 aliphatic rings. The molecule has 0 saturated carbocycles. The van der Waals surface area contributed by atoms with Crippen LogP contribution in [0, 0.1) is 5.92 Å². The van der Waals surface area contributed by atoms with Crippen molar-refractivity contribution in [2.75, 3.05) is 26.9 Å². The minimum atomic E-state index is -3.77. The number of piperidine rings is 1. The van der Waals surface area contributed by atoms with E-state index in [9.17, 15) is 13.2 Å². The Labute approximate surface area is 191 Å². The Kier molecular flexibility index (Phi) is 6.35. The third kappa shape index (κ3) is 4.62. The first kappa shape index (κ1) is 22.2. The SMILES string of the molecule is CN(Cc1ccc2c(c1)OCO2)C(=O)C1CCN(S(=O)(=O)c2cc(Cl)ccc2Cl)CC1. The van der Waals surface area contributed by atoms with Crippen LogP contribution in [0.3, 0.4) is 0 Å². The molecule has 2 aliphatic heterocycles. The molecule has 10 heteroatoms. The molecule has 0 unspecified atom stereocenters. The molecule has 31 heavy (non-hydrogen) atoms. The van der Waals surface area contributed by atoms with Gasteiger partial charge in [-0.15, -0.1) is 0 Å². The van der Waals surface area contributed by atoms with Gasteiger partial charge in [0, 0.05) is 37.6 Å². The lowest BCUT2D eigenvalue weighted by Gasteiger charge is -2.32. The lowest BCUT2D eigenvalue weighted by Crippen LogP contribution is -2.43. The summed E-state index contributed by atoms with van der Waals surface area (Å²) in [6, 6.07) is 9.98. The maximum Gasteiger partial charge on any atom is 0.244 e. The molecule has 0 radical (unpaired) electrons. The number of halogens is 2. The average Bonchev–Trinajstić information content (AvgIpc) is 3.22. The van der Waals surface area contributed by atoms with Gasteiger partial charge in [-0.05, 0) is 48.7 Å². The molecule has 0 aromatic heterocycles. The minimum Gasteiger partial charge on any atom is -0.454 e. The molecule has 1 fully saturated rings. The van der Waals surface area contributed by atoms with Gasteiger partial charge in [0.15, 0.2) is 11.5 Å². The number of carbonyl (C=O) groups is 1. The summed E-state index contributed by atoms with van der Waals surface area (Å²) >= 11 is 12.0. The predicted octanol–water partition coefficient (Wildman–Crippen LogP) is 3.78. The van der Waals surface area contributed by atoms with Crippen molar-refractivity contribution in [3.8, 4) is 11.5 Å². The zero-order valence-corrected chi connectivity index (χ0v) is 19.2. The third-order valence-corrected chi connectivity index (χ3v) is 8.16. The van der Waals surface area contributed by atoms with Gasteiger partial charge < -0.3 is 14.4 Å². The first-order chi connectivity index (χ1) is 14.8. The summed E-state index contributed by atoms with van der Waals surface area (Å²) in [5.74, 6) is 1.14. The summed E-state index contributed by atoms with van der Waals surface area (Å²) in [6.07, 6.45) is 0.892. The van der Waals surface area contributed by atoms with E-state index in [0.717, 1.165) is 5.56 Å². The molecule has 1 amide bonds. The second-order valence-corrected chi connectivity index (χ2v) is 10.4. The summed E-state index contributed by atoms with van der Waals surface area (Å²) in [5.41, 5.74) is 0.940. The lowest BCUT2D eigenvalue weighted by atomic mass is 9.96. The smallest absolute Gasteiger partial charge is 0.244 e. The summed E-state index contributed by atoms with van der Waals surface area (Å²) in [4.78, 5) is 14.6. The Morgan fingerprint density at radius 1 is 1.10 bits per heavy atom. The van der Waals surface area contributed by atoms with Crippen LogP contribution in [0.2, 0.25) is 10.0 Å². The summed E-state index contributed by atoms with van der Waals surface area (Å²) in [7, 11) is -2.02. The number of carbonyl (C=O) groups excluding carboxylic acids is 1. The second-order valence-electron chi connectivity index (χ2n) is 7.64. The number of sulfonamides is 1. The van der Waals surface area contributed by atoms with Crippen molar-refractivity contribution < 1.29 is 22.7 Å². The van der Waals surface area contributed by atoms with Gasteiger partial charge in [0.05, 0.1) is 5.02 Å². The first-order valence-corrected chi connectivity index (χ1v) is 12.0. The normalized spacial score (nSPS) is 17.0. The van der Waals surface area contributed by atoms with Crippen molar-refractivity contribution in [2.45, 2.75) is 24.3 Å². The average molecular weight is 485 g/mol. The standard InChI is InChI=1S/C21H22Cl2N2O5S/c1-24(12-14-2-5-18-19(10-14)30-13-29-18)21(26)15-6-8-25(9-7-15)31(27,28)20-11-16(22)3-4-17(20)23/h2-5,10-11,15H,6-9,12-13H2,1H3. The quantitative estimate of drug-likeness (QED) is 0.645. The van der Waals surface area contributed by atoms with Crippen molar-refractivity contribution >= 4 is 39.1 Å². The van der Waals surface area contributed by atoms with Gasteiger partial charge in [0.25, 0.3) is 0 Å². The van der Waals surface area contributed by atoms with Gasteiger partial charge in [0.2, 0.25) is 22.7 Å². The molecule has 0 bridgehead atoms. The molecule has 2 heterocycles. The number of benzene rings is 2. The topological polar surface area (TPSA) is 76.2 Å². The number of fused-ring (bicyclic) bond motifs is 1. The molecule has 2 aromatic carbocycles. The van der Waals surface area contributed by atoms with Crippen LogP contribution in [0.5, 0.6) is 11.5 Å². The Bertz CT molecular complexity index is 1100. The van der Waals surface area contributed by atoms with Gasteiger partial charge in [-0.25, -0.2) is 8.42 Å². The molecule has 4 rings (SSSR count). The molecule has 0 N–H and O–H groups in total. The first-order valence-electron chi connectivity index (χ1n) is 9.84. The van der Waals surface area contributed by atoms with Gasteiger partial charge >= 0.3 is 0 Å². The van der Waals surface area contributed by atoms with Gasteiger partial charge in [-0.1, -0.05) is 29.3 Å². The van der Waals surface area contributed by atoms with Crippen LogP contribution < -0.4 is 9.47 Å². The third-order valence-electron chi connectivity index (χ3n) is 5.55. The molecule has 2 aromatic rings. The molecule has 1 saturated heterocycles. The van der Waals surface area contributed by atoms with Gasteiger partial charge in [-0.3, -0.25) is 4.79 Å². The zero-order chi connectivity index (χ0) is 22.2. The second kappa shape index (κ2) is 8.86. The van der Waals surface area contributed by atoms with Crippen molar-refractivity contribution in [2.24, 2.45) is 5.92 Å². The van der Waals surface area contributed by atoms with Crippen LogP contribution in [0.25, 0.3) is 0 Å². The maximum absolute atomic E-state index is 13.0. The van der Waals surface area contributed by atoms with Gasteiger partial charge in [0.1, 0.15) is 4.90 Å². The highest BCUT2D eigenvalue weighted by Crippen LogP contribution is 2.33. The minimum absolute atomic E-state index is 0.00416. The zero-order valence-electron chi connectivity index (χ0n) is 16.9. The van der Waals surface area contributed by atoms with E-state index in [-0.39, 0.29) is 41.6 Å². The van der Waals surface area contributed by atoms with E-state index in [1.807, 2.05) is 18.2 Å². The van der Waals surface area contributed by atoms with E-state index >= 15 is 0 Å². The highest BCUT2D eigenvalue weighted by atomic mass is 35.5. The van der Waals surface area contributed by atoms with Crippen LogP contribution in [0.1, 0.15) is 18.4 Å². The van der Waals surface area contributed by atoms with E-state index < -0.39 is 10.0 Å².